The molecular formula is C13H26N4O2. The monoisotopic (exact) mass is 270 g/mol. The molecule has 6 nitrogen and oxygen atoms in total. The number of hydrogen-bond acceptors (Lipinski definition) is 4. The van der Waals surface area contributed by atoms with Gasteiger partial charge in [-0.2, -0.15) is 0 Å². The van der Waals surface area contributed by atoms with Gasteiger partial charge in [0.05, 0.1) is 12.0 Å². The third kappa shape index (κ3) is 4.80. The van der Waals surface area contributed by atoms with Crippen LogP contribution in [0.25, 0.3) is 0 Å². The molecule has 0 unspecified atom stereocenters. The molecule has 0 saturated carbocycles. The molecule has 0 bridgehead atoms. The van der Waals surface area contributed by atoms with Gasteiger partial charge in [-0.05, 0) is 20.9 Å². The normalized spacial score (nSPS) is 17.4. The summed E-state index contributed by atoms with van der Waals surface area (Å²) in [5.74, 6) is 0.0906. The largest absolute Gasteiger partial charge is 0.359 e. The summed E-state index contributed by atoms with van der Waals surface area (Å²) in [5, 5.41) is 5.72. The highest BCUT2D eigenvalue weighted by molar-refractivity contribution is 5.82. The molecule has 110 valence electrons. The number of amides is 2. The van der Waals surface area contributed by atoms with E-state index in [4.69, 9.17) is 0 Å². The van der Waals surface area contributed by atoms with Crippen molar-refractivity contribution >= 4 is 11.8 Å². The van der Waals surface area contributed by atoms with E-state index in [2.05, 4.69) is 22.6 Å². The molecule has 1 heterocycles. The van der Waals surface area contributed by atoms with Gasteiger partial charge in [-0.3, -0.25) is 9.59 Å². The number of likely N-dealkylation sites (N-methyl/N-ethyl adjacent to an activating group) is 1. The van der Waals surface area contributed by atoms with Crippen molar-refractivity contribution in [3.63, 3.8) is 0 Å². The fraction of sp³-hybridized carbons (Fsp3) is 0.846. The zero-order chi connectivity index (χ0) is 14.5. The fourth-order valence-electron chi connectivity index (χ4n) is 2.07. The SMILES string of the molecule is CNC(=O)C(C)(C)CNCC(=O)N1CCN(C)CC1. The summed E-state index contributed by atoms with van der Waals surface area (Å²) in [6.07, 6.45) is 0. The van der Waals surface area contributed by atoms with Gasteiger partial charge in [0, 0.05) is 39.8 Å². The molecule has 0 radical (unpaired) electrons. The lowest BCUT2D eigenvalue weighted by molar-refractivity contribution is -0.133. The van der Waals surface area contributed by atoms with Gasteiger partial charge in [0.2, 0.25) is 11.8 Å². The Labute approximate surface area is 115 Å². The Hall–Kier alpha value is -1.14. The van der Waals surface area contributed by atoms with Crippen LogP contribution in [-0.2, 0) is 9.59 Å². The zero-order valence-electron chi connectivity index (χ0n) is 12.5. The van der Waals surface area contributed by atoms with Gasteiger partial charge in [-0.1, -0.05) is 0 Å². The molecule has 1 saturated heterocycles. The van der Waals surface area contributed by atoms with Gasteiger partial charge < -0.3 is 20.4 Å². The second kappa shape index (κ2) is 6.86. The average Bonchev–Trinajstić information content (AvgIpc) is 2.38. The molecule has 2 N–H and O–H groups in total. The van der Waals surface area contributed by atoms with E-state index in [1.807, 2.05) is 18.7 Å². The second-order valence-electron chi connectivity index (χ2n) is 5.75. The van der Waals surface area contributed by atoms with Gasteiger partial charge in [-0.25, -0.2) is 0 Å². The summed E-state index contributed by atoms with van der Waals surface area (Å²) in [6.45, 7) is 7.94. The molecule has 0 aromatic heterocycles. The summed E-state index contributed by atoms with van der Waals surface area (Å²) >= 11 is 0. The van der Waals surface area contributed by atoms with E-state index >= 15 is 0 Å². The first-order chi connectivity index (χ1) is 8.86. The van der Waals surface area contributed by atoms with E-state index < -0.39 is 5.41 Å². The minimum atomic E-state index is -0.503. The van der Waals surface area contributed by atoms with Crippen LogP contribution in [0, 0.1) is 5.41 Å². The minimum absolute atomic E-state index is 0.0213. The van der Waals surface area contributed by atoms with Crippen LogP contribution in [-0.4, -0.2) is 75.0 Å². The lowest BCUT2D eigenvalue weighted by atomic mass is 9.92. The third-order valence-electron chi connectivity index (χ3n) is 3.54. The highest BCUT2D eigenvalue weighted by Crippen LogP contribution is 2.12. The highest BCUT2D eigenvalue weighted by Gasteiger charge is 2.26. The third-order valence-corrected chi connectivity index (χ3v) is 3.54. The maximum Gasteiger partial charge on any atom is 0.236 e. The van der Waals surface area contributed by atoms with Crippen molar-refractivity contribution in [1.82, 2.24) is 20.4 Å². The predicted molar refractivity (Wildman–Crippen MR) is 74.8 cm³/mol. The first kappa shape index (κ1) is 15.9. The van der Waals surface area contributed by atoms with Crippen molar-refractivity contribution in [2.45, 2.75) is 13.8 Å². The summed E-state index contributed by atoms with van der Waals surface area (Å²) in [4.78, 5) is 27.7. The zero-order valence-corrected chi connectivity index (χ0v) is 12.5. The number of nitrogens with one attached hydrogen (secondary N) is 2. The number of carbonyl (C=O) groups excluding carboxylic acids is 2. The maximum atomic E-state index is 12.0. The summed E-state index contributed by atoms with van der Waals surface area (Å²) in [6, 6.07) is 0. The molecule has 1 aliphatic heterocycles. The van der Waals surface area contributed by atoms with Crippen LogP contribution in [0.5, 0.6) is 0 Å². The van der Waals surface area contributed by atoms with Crippen LogP contribution in [0.15, 0.2) is 0 Å². The molecule has 0 spiro atoms. The highest BCUT2D eigenvalue weighted by atomic mass is 16.2. The maximum absolute atomic E-state index is 12.0. The van der Waals surface area contributed by atoms with Crippen LogP contribution in [0.4, 0.5) is 0 Å². The second-order valence-corrected chi connectivity index (χ2v) is 5.75. The van der Waals surface area contributed by atoms with Crippen molar-refractivity contribution < 1.29 is 9.59 Å². The lowest BCUT2D eigenvalue weighted by Crippen LogP contribution is -2.50. The fourth-order valence-corrected chi connectivity index (χ4v) is 2.07. The van der Waals surface area contributed by atoms with Crippen molar-refractivity contribution in [3.05, 3.63) is 0 Å². The van der Waals surface area contributed by atoms with Gasteiger partial charge >= 0.3 is 0 Å². The molecule has 1 fully saturated rings. The molecule has 0 aromatic carbocycles. The molecule has 0 aromatic rings. The smallest absolute Gasteiger partial charge is 0.236 e. The van der Waals surface area contributed by atoms with E-state index in [0.29, 0.717) is 13.1 Å². The first-order valence-electron chi connectivity index (χ1n) is 6.76. The number of piperazine rings is 1. The lowest BCUT2D eigenvalue weighted by Gasteiger charge is -2.32. The van der Waals surface area contributed by atoms with Gasteiger partial charge in [-0.15, -0.1) is 0 Å². The molecule has 1 rings (SSSR count). The van der Waals surface area contributed by atoms with Crippen LogP contribution >= 0.6 is 0 Å². The summed E-state index contributed by atoms with van der Waals surface area (Å²) in [7, 11) is 3.69. The first-order valence-corrected chi connectivity index (χ1v) is 6.76. The Kier molecular flexibility index (Phi) is 5.75. The number of hydrogen-bond donors (Lipinski definition) is 2. The quantitative estimate of drug-likeness (QED) is 0.681. The molecule has 6 heteroatoms. The van der Waals surface area contributed by atoms with Crippen molar-refractivity contribution in [3.8, 4) is 0 Å². The van der Waals surface area contributed by atoms with Crippen LogP contribution in [0.3, 0.4) is 0 Å². The van der Waals surface area contributed by atoms with Gasteiger partial charge in [0.25, 0.3) is 0 Å². The molecule has 0 aliphatic carbocycles. The molecule has 19 heavy (non-hydrogen) atoms. The topological polar surface area (TPSA) is 64.7 Å². The number of nitrogens with zero attached hydrogens (tertiary/aromatic N) is 2. The number of rotatable bonds is 5. The standard InChI is InChI=1S/C13H26N4O2/c1-13(2,12(19)14-3)10-15-9-11(18)17-7-5-16(4)6-8-17/h15H,5-10H2,1-4H3,(H,14,19). The van der Waals surface area contributed by atoms with Crippen LogP contribution < -0.4 is 10.6 Å². The Bertz CT molecular complexity index is 323. The molecular weight excluding hydrogens is 244 g/mol. The van der Waals surface area contributed by atoms with E-state index in [0.717, 1.165) is 26.2 Å². The van der Waals surface area contributed by atoms with E-state index in [1.165, 1.54) is 0 Å². The van der Waals surface area contributed by atoms with E-state index in [1.54, 1.807) is 7.05 Å². The molecule has 1 aliphatic rings. The van der Waals surface area contributed by atoms with Crippen molar-refractivity contribution in [2.75, 3.05) is 53.4 Å². The van der Waals surface area contributed by atoms with Crippen LogP contribution in [0.2, 0.25) is 0 Å². The summed E-state index contributed by atoms with van der Waals surface area (Å²) in [5.41, 5.74) is -0.503. The average molecular weight is 270 g/mol. The Morgan fingerprint density at radius 3 is 2.26 bits per heavy atom. The predicted octanol–water partition coefficient (Wildman–Crippen LogP) is -0.878. The Morgan fingerprint density at radius 2 is 1.74 bits per heavy atom. The minimum Gasteiger partial charge on any atom is -0.359 e. The van der Waals surface area contributed by atoms with Crippen molar-refractivity contribution in [1.29, 1.82) is 0 Å². The molecule has 0 atom stereocenters. The van der Waals surface area contributed by atoms with Gasteiger partial charge in [0.15, 0.2) is 0 Å². The van der Waals surface area contributed by atoms with Gasteiger partial charge in [0.1, 0.15) is 0 Å². The van der Waals surface area contributed by atoms with Crippen molar-refractivity contribution in [2.24, 2.45) is 5.41 Å². The summed E-state index contributed by atoms with van der Waals surface area (Å²) < 4.78 is 0. The number of carbonyl (C=O) groups is 2. The van der Waals surface area contributed by atoms with E-state index in [-0.39, 0.29) is 11.8 Å². The molecule has 2 amide bonds. The van der Waals surface area contributed by atoms with E-state index in [9.17, 15) is 9.59 Å². The van der Waals surface area contributed by atoms with Crippen LogP contribution in [0.1, 0.15) is 13.8 Å². The Morgan fingerprint density at radius 1 is 1.16 bits per heavy atom. The Balaban J connectivity index is 2.29.